The highest BCUT2D eigenvalue weighted by atomic mass is 16.3. The molecule has 5 heteroatoms. The van der Waals surface area contributed by atoms with E-state index >= 15 is 0 Å². The summed E-state index contributed by atoms with van der Waals surface area (Å²) in [6.45, 7) is 1.55. The van der Waals surface area contributed by atoms with E-state index in [2.05, 4.69) is 4.98 Å². The van der Waals surface area contributed by atoms with Gasteiger partial charge in [-0.15, -0.1) is 0 Å². The summed E-state index contributed by atoms with van der Waals surface area (Å²) in [7, 11) is 0. The minimum absolute atomic E-state index is 0.00449. The Balaban J connectivity index is 2.43. The molecule has 3 rings (SSSR count). The summed E-state index contributed by atoms with van der Waals surface area (Å²) < 4.78 is 0. The molecule has 0 spiro atoms. The van der Waals surface area contributed by atoms with Crippen molar-refractivity contribution in [3.05, 3.63) is 62.6 Å². The highest BCUT2D eigenvalue weighted by Gasteiger charge is 2.33. The summed E-state index contributed by atoms with van der Waals surface area (Å²) in [4.78, 5) is 38.6. The van der Waals surface area contributed by atoms with Crippen molar-refractivity contribution in [2.45, 2.75) is 6.92 Å². The number of hydrogen-bond acceptors (Lipinski definition) is 4. The van der Waals surface area contributed by atoms with Crippen LogP contribution in [0.2, 0.25) is 0 Å². The Bertz CT molecular complexity index is 802. The van der Waals surface area contributed by atoms with Crippen molar-refractivity contribution >= 4 is 11.6 Å². The average molecular weight is 255 g/mol. The van der Waals surface area contributed by atoms with E-state index in [0.29, 0.717) is 5.69 Å². The van der Waals surface area contributed by atoms with Crippen molar-refractivity contribution in [1.29, 1.82) is 0 Å². The number of aromatic nitrogens is 1. The second-order valence-electron chi connectivity index (χ2n) is 4.41. The van der Waals surface area contributed by atoms with Gasteiger partial charge in [0.05, 0.1) is 11.1 Å². The van der Waals surface area contributed by atoms with E-state index in [0.717, 1.165) is 6.07 Å². The van der Waals surface area contributed by atoms with Crippen LogP contribution in [0.25, 0.3) is 0 Å². The van der Waals surface area contributed by atoms with Crippen LogP contribution in [0.4, 0.5) is 0 Å². The number of phenols is 1. The summed E-state index contributed by atoms with van der Waals surface area (Å²) in [5.74, 6) is -1.10. The molecule has 0 fully saturated rings. The number of carbonyl (C=O) groups excluding carboxylic acids is 2. The quantitative estimate of drug-likeness (QED) is 0.631. The first-order valence-corrected chi connectivity index (χ1v) is 5.66. The molecule has 0 bridgehead atoms. The Labute approximate surface area is 107 Å². The number of pyridine rings is 1. The Kier molecular flexibility index (Phi) is 2.19. The van der Waals surface area contributed by atoms with Crippen molar-refractivity contribution in [3.63, 3.8) is 0 Å². The van der Waals surface area contributed by atoms with Gasteiger partial charge >= 0.3 is 0 Å². The zero-order valence-corrected chi connectivity index (χ0v) is 9.98. The number of rotatable bonds is 0. The summed E-state index contributed by atoms with van der Waals surface area (Å²) in [6.07, 6.45) is 0. The number of aryl methyl sites for hydroxylation is 1. The van der Waals surface area contributed by atoms with Gasteiger partial charge in [0, 0.05) is 22.9 Å². The number of hydrogen-bond donors (Lipinski definition) is 2. The molecule has 2 aromatic rings. The molecule has 1 aromatic heterocycles. The molecule has 0 saturated heterocycles. The number of H-pyrrole nitrogens is 1. The molecule has 2 N–H and O–H groups in total. The van der Waals surface area contributed by atoms with Crippen LogP contribution in [0.15, 0.2) is 29.1 Å². The van der Waals surface area contributed by atoms with Gasteiger partial charge < -0.3 is 10.1 Å². The van der Waals surface area contributed by atoms with Gasteiger partial charge in [-0.3, -0.25) is 14.4 Å². The fraction of sp³-hybridized carbons (Fsp3) is 0.0714. The first kappa shape index (κ1) is 11.4. The molecule has 19 heavy (non-hydrogen) atoms. The largest absolute Gasteiger partial charge is 0.507 e. The molecule has 1 aliphatic rings. The van der Waals surface area contributed by atoms with Crippen molar-refractivity contribution in [2.24, 2.45) is 0 Å². The Morgan fingerprint density at radius 1 is 1.00 bits per heavy atom. The Hall–Kier alpha value is -2.69. The average Bonchev–Trinajstić information content (AvgIpc) is 2.34. The van der Waals surface area contributed by atoms with Gasteiger partial charge in [-0.25, -0.2) is 0 Å². The molecule has 0 radical (unpaired) electrons. The molecule has 0 amide bonds. The van der Waals surface area contributed by atoms with E-state index in [9.17, 15) is 19.5 Å². The summed E-state index contributed by atoms with van der Waals surface area (Å²) >= 11 is 0. The molecule has 1 heterocycles. The first-order valence-electron chi connectivity index (χ1n) is 5.66. The number of fused-ring (bicyclic) bond motifs is 2. The monoisotopic (exact) mass is 255 g/mol. The molecular weight excluding hydrogens is 246 g/mol. The van der Waals surface area contributed by atoms with Crippen LogP contribution in [0.5, 0.6) is 5.75 Å². The third-order valence-corrected chi connectivity index (χ3v) is 3.22. The highest BCUT2D eigenvalue weighted by Crippen LogP contribution is 2.32. The third-order valence-electron chi connectivity index (χ3n) is 3.22. The lowest BCUT2D eigenvalue weighted by Crippen LogP contribution is -2.26. The van der Waals surface area contributed by atoms with Crippen LogP contribution >= 0.6 is 0 Å². The topological polar surface area (TPSA) is 87.2 Å². The molecule has 1 aromatic carbocycles. The van der Waals surface area contributed by atoms with Gasteiger partial charge in [-0.2, -0.15) is 0 Å². The van der Waals surface area contributed by atoms with Gasteiger partial charge in [-0.1, -0.05) is 12.1 Å². The first-order chi connectivity index (χ1) is 9.00. The second kappa shape index (κ2) is 3.65. The molecule has 5 nitrogen and oxygen atoms in total. The number of phenolic OH excluding ortho intramolecular Hbond substituents is 1. The van der Waals surface area contributed by atoms with E-state index in [-0.39, 0.29) is 28.0 Å². The minimum Gasteiger partial charge on any atom is -0.507 e. The van der Waals surface area contributed by atoms with Crippen LogP contribution in [0, 0.1) is 6.92 Å². The maximum absolute atomic E-state index is 12.4. The summed E-state index contributed by atoms with van der Waals surface area (Å²) in [6, 6.07) is 5.44. The lowest BCUT2D eigenvalue weighted by Gasteiger charge is -2.19. The number of ketones is 2. The van der Waals surface area contributed by atoms with E-state index in [1.165, 1.54) is 18.2 Å². The van der Waals surface area contributed by atoms with Crippen LogP contribution in [-0.2, 0) is 0 Å². The lowest BCUT2D eigenvalue weighted by molar-refractivity contribution is 0.0975. The number of aromatic hydroxyl groups is 1. The van der Waals surface area contributed by atoms with Gasteiger partial charge in [0.2, 0.25) is 5.56 Å². The highest BCUT2D eigenvalue weighted by molar-refractivity contribution is 6.29. The normalized spacial score (nSPS) is 13.1. The number of aromatic amines is 1. The van der Waals surface area contributed by atoms with E-state index < -0.39 is 17.1 Å². The smallest absolute Gasteiger partial charge is 0.248 e. The predicted molar refractivity (Wildman–Crippen MR) is 66.8 cm³/mol. The van der Waals surface area contributed by atoms with Crippen LogP contribution in [-0.4, -0.2) is 21.7 Å². The number of carbonyl (C=O) groups is 2. The molecule has 0 aliphatic heterocycles. The molecular formula is C14H9NO4. The fourth-order valence-corrected chi connectivity index (χ4v) is 2.40. The minimum atomic E-state index is -0.448. The van der Waals surface area contributed by atoms with Crippen LogP contribution in [0.3, 0.4) is 0 Å². The van der Waals surface area contributed by atoms with Gasteiger partial charge in [0.1, 0.15) is 5.75 Å². The predicted octanol–water partition coefficient (Wildman–Crippen LogP) is 1.16. The standard InChI is InChI=1S/C14H9NO4/c1-6-11-8(5-10(17)15-6)13(18)7-3-2-4-9(16)12(7)14(11)19/h2-5,16H,1H3,(H,15,17). The van der Waals surface area contributed by atoms with E-state index in [1.54, 1.807) is 6.92 Å². The van der Waals surface area contributed by atoms with Crippen LogP contribution in [0.1, 0.15) is 37.5 Å². The number of benzene rings is 1. The van der Waals surface area contributed by atoms with Crippen molar-refractivity contribution in [1.82, 2.24) is 4.98 Å². The molecule has 0 atom stereocenters. The van der Waals surface area contributed by atoms with Gasteiger partial charge in [0.15, 0.2) is 11.6 Å². The van der Waals surface area contributed by atoms with Gasteiger partial charge in [-0.05, 0) is 13.0 Å². The zero-order chi connectivity index (χ0) is 13.7. The van der Waals surface area contributed by atoms with Crippen LogP contribution < -0.4 is 5.56 Å². The fourth-order valence-electron chi connectivity index (χ4n) is 2.40. The SMILES string of the molecule is Cc1[nH]c(=O)cc2c1C(=O)c1c(O)cccc1C2=O. The molecule has 94 valence electrons. The molecule has 0 unspecified atom stereocenters. The molecule has 1 aliphatic carbocycles. The van der Waals surface area contributed by atoms with E-state index in [1.807, 2.05) is 0 Å². The number of nitrogens with one attached hydrogen (secondary N) is 1. The van der Waals surface area contributed by atoms with Crippen molar-refractivity contribution in [3.8, 4) is 5.75 Å². The lowest BCUT2D eigenvalue weighted by atomic mass is 9.83. The maximum atomic E-state index is 12.4. The van der Waals surface area contributed by atoms with E-state index in [4.69, 9.17) is 0 Å². The van der Waals surface area contributed by atoms with Crippen molar-refractivity contribution < 1.29 is 14.7 Å². The second-order valence-corrected chi connectivity index (χ2v) is 4.41. The molecule has 0 saturated carbocycles. The van der Waals surface area contributed by atoms with Crippen molar-refractivity contribution in [2.75, 3.05) is 0 Å². The maximum Gasteiger partial charge on any atom is 0.248 e. The zero-order valence-electron chi connectivity index (χ0n) is 9.98. The summed E-state index contributed by atoms with van der Waals surface area (Å²) in [5, 5.41) is 9.77. The van der Waals surface area contributed by atoms with Gasteiger partial charge in [0.25, 0.3) is 0 Å². The third kappa shape index (κ3) is 1.45. The Morgan fingerprint density at radius 2 is 1.74 bits per heavy atom. The summed E-state index contributed by atoms with van der Waals surface area (Å²) in [5.41, 5.74) is 0.261. The Morgan fingerprint density at radius 3 is 2.47 bits per heavy atom.